The van der Waals surface area contributed by atoms with Crippen LogP contribution in [0.5, 0.6) is 0 Å². The molecule has 0 aromatic heterocycles. The fourth-order valence-corrected chi connectivity index (χ4v) is 1.06. The molecule has 0 aromatic rings. The van der Waals surface area contributed by atoms with Crippen LogP contribution in [0, 0.1) is 0 Å². The topological polar surface area (TPSA) is 3.24 Å². The molecule has 0 N–H and O–H groups in total. The molecule has 2 heteroatoms. The van der Waals surface area contributed by atoms with Gasteiger partial charge in [0.15, 0.2) is 0 Å². The zero-order chi connectivity index (χ0) is 10.3. The molecule has 0 aliphatic rings. The molecule has 0 spiro atoms. The lowest BCUT2D eigenvalue weighted by atomic mass is 10.1. The van der Waals surface area contributed by atoms with Gasteiger partial charge in [-0.3, -0.25) is 0 Å². The van der Waals surface area contributed by atoms with E-state index in [1.54, 1.807) is 6.92 Å². The zero-order valence-corrected chi connectivity index (χ0v) is 9.10. The van der Waals surface area contributed by atoms with Gasteiger partial charge < -0.3 is 4.90 Å². The Balaban J connectivity index is 4.02. The largest absolute Gasteiger partial charge is 0.306 e. The van der Waals surface area contributed by atoms with Crippen molar-refractivity contribution in [2.75, 3.05) is 20.1 Å². The number of allylic oxidation sites excluding steroid dienone is 3. The Morgan fingerprint density at radius 1 is 1.31 bits per heavy atom. The summed E-state index contributed by atoms with van der Waals surface area (Å²) >= 11 is 0. The standard InChI is InChI=1S/C11H20FN/c1-5-10(11(12)6-2)8-9-13(4)7-3/h5-6H,7-9H2,1-4H3/b10-5-,11-6+. The summed E-state index contributed by atoms with van der Waals surface area (Å²) in [4.78, 5) is 2.17. The molecule has 0 amide bonds. The summed E-state index contributed by atoms with van der Waals surface area (Å²) in [6.07, 6.45) is 4.15. The van der Waals surface area contributed by atoms with E-state index in [1.807, 2.05) is 20.0 Å². The molecular weight excluding hydrogens is 165 g/mol. The molecule has 13 heavy (non-hydrogen) atoms. The third kappa shape index (κ3) is 4.83. The minimum atomic E-state index is -0.0907. The fraction of sp³-hybridized carbons (Fsp3) is 0.636. The Morgan fingerprint density at radius 2 is 1.92 bits per heavy atom. The third-order valence-corrected chi connectivity index (χ3v) is 2.21. The molecule has 1 nitrogen and oxygen atoms in total. The molecule has 0 unspecified atom stereocenters. The first kappa shape index (κ1) is 12.4. The van der Waals surface area contributed by atoms with Crippen molar-refractivity contribution < 1.29 is 4.39 Å². The summed E-state index contributed by atoms with van der Waals surface area (Å²) in [5, 5.41) is 0. The predicted molar refractivity (Wildman–Crippen MR) is 56.4 cm³/mol. The Labute approximate surface area is 80.9 Å². The van der Waals surface area contributed by atoms with Crippen molar-refractivity contribution in [3.05, 3.63) is 23.6 Å². The first-order valence-electron chi connectivity index (χ1n) is 4.81. The van der Waals surface area contributed by atoms with Gasteiger partial charge >= 0.3 is 0 Å². The van der Waals surface area contributed by atoms with Gasteiger partial charge in [0, 0.05) is 6.54 Å². The highest BCUT2D eigenvalue weighted by atomic mass is 19.1. The predicted octanol–water partition coefficient (Wildman–Crippen LogP) is 3.15. The van der Waals surface area contributed by atoms with Gasteiger partial charge in [-0.1, -0.05) is 19.1 Å². The maximum absolute atomic E-state index is 13.1. The van der Waals surface area contributed by atoms with E-state index in [0.717, 1.165) is 25.1 Å². The van der Waals surface area contributed by atoms with Crippen molar-refractivity contribution in [3.63, 3.8) is 0 Å². The molecule has 0 aliphatic heterocycles. The van der Waals surface area contributed by atoms with Crippen LogP contribution in [0.3, 0.4) is 0 Å². The fourth-order valence-electron chi connectivity index (χ4n) is 1.06. The maximum Gasteiger partial charge on any atom is 0.121 e. The highest BCUT2D eigenvalue weighted by Crippen LogP contribution is 2.15. The van der Waals surface area contributed by atoms with Crippen LogP contribution in [-0.2, 0) is 0 Å². The van der Waals surface area contributed by atoms with Crippen LogP contribution >= 0.6 is 0 Å². The van der Waals surface area contributed by atoms with E-state index < -0.39 is 0 Å². The summed E-state index contributed by atoms with van der Waals surface area (Å²) < 4.78 is 13.1. The first-order valence-corrected chi connectivity index (χ1v) is 4.81. The lowest BCUT2D eigenvalue weighted by molar-refractivity contribution is 0.356. The molecule has 0 atom stereocenters. The second kappa shape index (κ2) is 6.84. The monoisotopic (exact) mass is 185 g/mol. The van der Waals surface area contributed by atoms with Crippen molar-refractivity contribution in [1.29, 1.82) is 0 Å². The van der Waals surface area contributed by atoms with Crippen molar-refractivity contribution in [1.82, 2.24) is 4.90 Å². The molecule has 0 radical (unpaired) electrons. The van der Waals surface area contributed by atoms with E-state index in [1.165, 1.54) is 6.08 Å². The van der Waals surface area contributed by atoms with E-state index in [4.69, 9.17) is 0 Å². The van der Waals surface area contributed by atoms with Crippen LogP contribution < -0.4 is 0 Å². The number of rotatable bonds is 5. The maximum atomic E-state index is 13.1. The lowest BCUT2D eigenvalue weighted by Crippen LogP contribution is -2.19. The van der Waals surface area contributed by atoms with Gasteiger partial charge in [-0.2, -0.15) is 0 Å². The van der Waals surface area contributed by atoms with Crippen LogP contribution in [0.25, 0.3) is 0 Å². The summed E-state index contributed by atoms with van der Waals surface area (Å²) in [5.41, 5.74) is 0.808. The number of nitrogens with zero attached hydrogens (tertiary/aromatic N) is 1. The second-order valence-corrected chi connectivity index (χ2v) is 3.10. The van der Waals surface area contributed by atoms with E-state index >= 15 is 0 Å². The van der Waals surface area contributed by atoms with Gasteiger partial charge in [-0.05, 0) is 39.4 Å². The van der Waals surface area contributed by atoms with Gasteiger partial charge in [0.1, 0.15) is 5.83 Å². The smallest absolute Gasteiger partial charge is 0.121 e. The van der Waals surface area contributed by atoms with Gasteiger partial charge in [0.25, 0.3) is 0 Å². The van der Waals surface area contributed by atoms with Crippen LogP contribution in [0.1, 0.15) is 27.2 Å². The molecule has 0 saturated carbocycles. The third-order valence-electron chi connectivity index (χ3n) is 2.21. The Hall–Kier alpha value is -0.630. The second-order valence-electron chi connectivity index (χ2n) is 3.10. The minimum Gasteiger partial charge on any atom is -0.306 e. The van der Waals surface area contributed by atoms with E-state index in [-0.39, 0.29) is 5.83 Å². The number of hydrogen-bond donors (Lipinski definition) is 0. The molecular formula is C11H20FN. The molecule has 0 aliphatic carbocycles. The van der Waals surface area contributed by atoms with Crippen molar-refractivity contribution in [3.8, 4) is 0 Å². The molecule has 0 saturated heterocycles. The van der Waals surface area contributed by atoms with Gasteiger partial charge in [0.05, 0.1) is 0 Å². The lowest BCUT2D eigenvalue weighted by Gasteiger charge is -2.14. The molecule has 76 valence electrons. The summed E-state index contributed by atoms with van der Waals surface area (Å²) in [7, 11) is 2.04. The highest BCUT2D eigenvalue weighted by molar-refractivity contribution is 5.24. The average molecular weight is 185 g/mol. The van der Waals surface area contributed by atoms with Gasteiger partial charge in [-0.15, -0.1) is 0 Å². The normalized spacial score (nSPS) is 14.0. The van der Waals surface area contributed by atoms with Crippen LogP contribution in [-0.4, -0.2) is 25.0 Å². The van der Waals surface area contributed by atoms with Gasteiger partial charge in [-0.25, -0.2) is 4.39 Å². The first-order chi connectivity index (χ1) is 6.15. The van der Waals surface area contributed by atoms with E-state index in [0.29, 0.717) is 0 Å². The van der Waals surface area contributed by atoms with Gasteiger partial charge in [0.2, 0.25) is 0 Å². The Morgan fingerprint density at radius 3 is 2.31 bits per heavy atom. The molecule has 0 aromatic carbocycles. The highest BCUT2D eigenvalue weighted by Gasteiger charge is 2.03. The summed E-state index contributed by atoms with van der Waals surface area (Å²) in [5.74, 6) is -0.0907. The summed E-state index contributed by atoms with van der Waals surface area (Å²) in [6.45, 7) is 7.62. The van der Waals surface area contributed by atoms with E-state index in [9.17, 15) is 4.39 Å². The van der Waals surface area contributed by atoms with Crippen LogP contribution in [0.4, 0.5) is 4.39 Å². The molecule has 0 bridgehead atoms. The Bertz CT molecular complexity index is 194. The van der Waals surface area contributed by atoms with E-state index in [2.05, 4.69) is 11.8 Å². The average Bonchev–Trinajstić information content (AvgIpc) is 2.17. The Kier molecular flexibility index (Phi) is 6.51. The van der Waals surface area contributed by atoms with Crippen molar-refractivity contribution in [2.24, 2.45) is 0 Å². The number of halogens is 1. The number of hydrogen-bond acceptors (Lipinski definition) is 1. The van der Waals surface area contributed by atoms with Crippen LogP contribution in [0.2, 0.25) is 0 Å². The minimum absolute atomic E-state index is 0.0907. The SMILES string of the molecule is C/C=C(CCN(C)CC)\C(F)=C/C. The molecule has 0 rings (SSSR count). The van der Waals surface area contributed by atoms with Crippen LogP contribution in [0.15, 0.2) is 23.6 Å². The molecule has 0 fully saturated rings. The van der Waals surface area contributed by atoms with Crippen molar-refractivity contribution >= 4 is 0 Å². The quantitative estimate of drug-likeness (QED) is 0.595. The summed E-state index contributed by atoms with van der Waals surface area (Å²) in [6, 6.07) is 0. The van der Waals surface area contributed by atoms with Crippen molar-refractivity contribution in [2.45, 2.75) is 27.2 Å². The molecule has 0 heterocycles. The zero-order valence-electron chi connectivity index (χ0n) is 9.10.